The van der Waals surface area contributed by atoms with Gasteiger partial charge in [-0.15, -0.1) is 0 Å². The van der Waals surface area contributed by atoms with Gasteiger partial charge in [-0.2, -0.15) is 0 Å². The van der Waals surface area contributed by atoms with Crippen molar-refractivity contribution in [2.45, 2.75) is 180 Å². The lowest BCUT2D eigenvalue weighted by Crippen LogP contribution is -2.18. The van der Waals surface area contributed by atoms with Crippen molar-refractivity contribution in [1.82, 2.24) is 0 Å². The number of hydrogen-bond donors (Lipinski definition) is 0. The van der Waals surface area contributed by atoms with E-state index in [1.807, 2.05) is 0 Å². The molecule has 0 N–H and O–H groups in total. The van der Waals surface area contributed by atoms with Crippen molar-refractivity contribution in [1.29, 1.82) is 0 Å². The molecule has 0 aromatic heterocycles. The van der Waals surface area contributed by atoms with E-state index in [0.717, 1.165) is 98.0 Å². The number of hydrogen-bond acceptors (Lipinski definition) is 1. The van der Waals surface area contributed by atoms with E-state index >= 15 is 17.6 Å². The van der Waals surface area contributed by atoms with E-state index in [1.165, 1.54) is 114 Å². The minimum absolute atomic E-state index is 0.0377. The van der Waals surface area contributed by atoms with Gasteiger partial charge in [0.05, 0.1) is 13.2 Å². The summed E-state index contributed by atoms with van der Waals surface area (Å²) in [6.07, 6.45) is 28.0. The monoisotopic (exact) mass is 739 g/mol. The topological polar surface area (TPSA) is 9.23 Å². The minimum Gasteiger partial charge on any atom is -0.381 e. The molecule has 0 radical (unpaired) electrons. The summed E-state index contributed by atoms with van der Waals surface area (Å²) in [5, 5.41) is 0. The Hall–Kier alpha value is -1.88. The molecule has 0 unspecified atom stereocenters. The van der Waals surface area contributed by atoms with Gasteiger partial charge in [0.15, 0.2) is 0 Å². The molecule has 1 nitrogen and oxygen atoms in total. The Balaban J connectivity index is 0.878. The third-order valence-corrected chi connectivity index (χ3v) is 15.0. The molecular weight excluding hydrogens is 669 g/mol. The van der Waals surface area contributed by atoms with Gasteiger partial charge in [-0.1, -0.05) is 104 Å². The molecule has 0 heterocycles. The van der Waals surface area contributed by atoms with Crippen LogP contribution in [0.4, 0.5) is 17.6 Å². The van der Waals surface area contributed by atoms with Crippen molar-refractivity contribution in [2.75, 3.05) is 13.2 Å². The van der Waals surface area contributed by atoms with Crippen LogP contribution in [0.1, 0.15) is 189 Å². The number of rotatable bonds is 16. The SMILES string of the molecule is CCC1CCC(CCC2CCC(c3cc(F)c(CCOCCc4c(F)cc(C5CCC(CCC6CCC(CC)CC6)CC5)cc4F)c(F)c3)CC2)CC1. The lowest BCUT2D eigenvalue weighted by Gasteiger charge is -2.32. The smallest absolute Gasteiger partial charge is 0.129 e. The molecule has 2 aromatic rings. The van der Waals surface area contributed by atoms with E-state index in [2.05, 4.69) is 13.8 Å². The molecule has 4 saturated carbocycles. The molecular formula is C48H70F4O. The molecule has 296 valence electrons. The Morgan fingerprint density at radius 3 is 0.962 bits per heavy atom. The first-order valence-electron chi connectivity index (χ1n) is 22.3. The second-order valence-corrected chi connectivity index (χ2v) is 18.2. The Labute approximate surface area is 319 Å². The van der Waals surface area contributed by atoms with Crippen LogP contribution in [0.2, 0.25) is 0 Å². The molecule has 5 heteroatoms. The van der Waals surface area contributed by atoms with Crippen LogP contribution in [0.25, 0.3) is 0 Å². The number of halogens is 4. The molecule has 2 aromatic carbocycles. The molecule has 0 atom stereocenters. The highest BCUT2D eigenvalue weighted by molar-refractivity contribution is 5.30. The van der Waals surface area contributed by atoms with Crippen molar-refractivity contribution in [3.8, 4) is 0 Å². The maximum absolute atomic E-state index is 15.2. The summed E-state index contributed by atoms with van der Waals surface area (Å²) in [5.41, 5.74) is 1.64. The van der Waals surface area contributed by atoms with Gasteiger partial charge in [-0.25, -0.2) is 17.6 Å². The zero-order valence-corrected chi connectivity index (χ0v) is 33.2. The van der Waals surface area contributed by atoms with Gasteiger partial charge in [0.25, 0.3) is 0 Å². The van der Waals surface area contributed by atoms with Gasteiger partial charge in [0, 0.05) is 24.0 Å². The maximum Gasteiger partial charge on any atom is 0.129 e. The highest BCUT2D eigenvalue weighted by Crippen LogP contribution is 2.42. The molecule has 4 aliphatic rings. The second-order valence-electron chi connectivity index (χ2n) is 18.2. The van der Waals surface area contributed by atoms with E-state index in [1.54, 1.807) is 0 Å². The van der Waals surface area contributed by atoms with Crippen molar-refractivity contribution in [3.05, 3.63) is 69.8 Å². The fourth-order valence-corrected chi connectivity index (χ4v) is 11.0. The summed E-state index contributed by atoms with van der Waals surface area (Å²) >= 11 is 0. The summed E-state index contributed by atoms with van der Waals surface area (Å²) in [5.74, 6) is 3.59. The first-order valence-corrected chi connectivity index (χ1v) is 22.3. The van der Waals surface area contributed by atoms with Crippen molar-refractivity contribution < 1.29 is 22.3 Å². The van der Waals surface area contributed by atoms with Gasteiger partial charge in [-0.05, 0) is 134 Å². The fourth-order valence-electron chi connectivity index (χ4n) is 11.0. The fraction of sp³-hybridized carbons (Fsp3) is 0.750. The van der Waals surface area contributed by atoms with Crippen LogP contribution in [0.15, 0.2) is 24.3 Å². The van der Waals surface area contributed by atoms with Crippen LogP contribution in [-0.2, 0) is 17.6 Å². The van der Waals surface area contributed by atoms with Crippen molar-refractivity contribution in [2.24, 2.45) is 35.5 Å². The van der Waals surface area contributed by atoms with Crippen LogP contribution in [0.5, 0.6) is 0 Å². The molecule has 4 fully saturated rings. The van der Waals surface area contributed by atoms with E-state index in [4.69, 9.17) is 4.74 Å². The largest absolute Gasteiger partial charge is 0.381 e. The summed E-state index contributed by atoms with van der Waals surface area (Å²) in [7, 11) is 0. The standard InChI is InChI=1S/C48H70F4O/c1-3-33-5-9-35(10-6-33)13-15-37-17-21-39(22-18-37)41-29-45(49)43(46(50)30-41)25-27-53-28-26-44-47(51)31-42(32-48(44)52)40-23-19-38(20-24-40)16-14-36-11-7-34(4-2)8-12-36/h29-40H,3-28H2,1-2H3. The molecule has 0 saturated heterocycles. The maximum atomic E-state index is 15.2. The van der Waals surface area contributed by atoms with Crippen LogP contribution < -0.4 is 0 Å². The number of ether oxygens (including phenoxy) is 1. The Morgan fingerprint density at radius 2 is 0.679 bits per heavy atom. The predicted octanol–water partition coefficient (Wildman–Crippen LogP) is 14.6. The van der Waals surface area contributed by atoms with Crippen LogP contribution in [0, 0.1) is 58.8 Å². The molecule has 0 aliphatic heterocycles. The second kappa shape index (κ2) is 20.3. The minimum atomic E-state index is -0.510. The molecule has 6 rings (SSSR count). The molecule has 0 bridgehead atoms. The van der Waals surface area contributed by atoms with E-state index in [-0.39, 0.29) is 49.0 Å². The van der Waals surface area contributed by atoms with E-state index < -0.39 is 23.3 Å². The van der Waals surface area contributed by atoms with Crippen LogP contribution in [-0.4, -0.2) is 13.2 Å². The first-order chi connectivity index (χ1) is 25.8. The quantitative estimate of drug-likeness (QED) is 0.123. The lowest BCUT2D eigenvalue weighted by atomic mass is 9.74. The van der Waals surface area contributed by atoms with Gasteiger partial charge < -0.3 is 4.74 Å². The Bertz CT molecular complexity index is 1240. The summed E-state index contributed by atoms with van der Waals surface area (Å²) in [4.78, 5) is 0. The summed E-state index contributed by atoms with van der Waals surface area (Å²) in [6, 6.07) is 6.14. The first kappa shape index (κ1) is 40.8. The van der Waals surface area contributed by atoms with Gasteiger partial charge in [0.1, 0.15) is 23.3 Å². The number of benzene rings is 2. The van der Waals surface area contributed by atoms with Gasteiger partial charge >= 0.3 is 0 Å². The van der Waals surface area contributed by atoms with Crippen molar-refractivity contribution >= 4 is 0 Å². The highest BCUT2D eigenvalue weighted by Gasteiger charge is 2.28. The Morgan fingerprint density at radius 1 is 0.415 bits per heavy atom. The third kappa shape index (κ3) is 11.6. The van der Waals surface area contributed by atoms with Gasteiger partial charge in [-0.3, -0.25) is 0 Å². The highest BCUT2D eigenvalue weighted by atomic mass is 19.1. The molecule has 4 aliphatic carbocycles. The van der Waals surface area contributed by atoms with Gasteiger partial charge in [0.2, 0.25) is 0 Å². The average Bonchev–Trinajstić information content (AvgIpc) is 3.18. The predicted molar refractivity (Wildman–Crippen MR) is 210 cm³/mol. The molecule has 0 spiro atoms. The molecule has 53 heavy (non-hydrogen) atoms. The lowest BCUT2D eigenvalue weighted by molar-refractivity contribution is 0.137. The zero-order valence-electron chi connectivity index (χ0n) is 33.2. The Kier molecular flexibility index (Phi) is 15.6. The van der Waals surface area contributed by atoms with E-state index in [0.29, 0.717) is 0 Å². The zero-order chi connectivity index (χ0) is 37.2. The average molecular weight is 739 g/mol. The third-order valence-electron chi connectivity index (χ3n) is 15.0. The summed E-state index contributed by atoms with van der Waals surface area (Å²) < 4.78 is 66.3. The van der Waals surface area contributed by atoms with E-state index in [9.17, 15) is 0 Å². The normalized spacial score (nSPS) is 29.7. The van der Waals surface area contributed by atoms with Crippen LogP contribution >= 0.6 is 0 Å². The van der Waals surface area contributed by atoms with Crippen molar-refractivity contribution in [3.63, 3.8) is 0 Å². The molecule has 0 amide bonds. The summed E-state index contributed by atoms with van der Waals surface area (Å²) in [6.45, 7) is 4.84. The van der Waals surface area contributed by atoms with Crippen LogP contribution in [0.3, 0.4) is 0 Å².